The maximum Gasteiger partial charge on any atom is 0.323 e. The molecule has 2 heterocycles. The third-order valence-electron chi connectivity index (χ3n) is 4.43. The monoisotopic (exact) mass is 392 g/mol. The van der Waals surface area contributed by atoms with Crippen LogP contribution in [0.4, 0.5) is 10.5 Å². The van der Waals surface area contributed by atoms with Crippen molar-refractivity contribution in [3.8, 4) is 11.5 Å². The number of methoxy groups -OCH3 is 2. The van der Waals surface area contributed by atoms with Crippen LogP contribution in [0.25, 0.3) is 6.08 Å². The van der Waals surface area contributed by atoms with Crippen LogP contribution in [0.5, 0.6) is 11.5 Å². The molecule has 0 spiro atoms. The number of aliphatic carboxylic acids is 1. The van der Waals surface area contributed by atoms with Crippen LogP contribution in [0.1, 0.15) is 18.4 Å². The normalized spacial score (nSPS) is 18.5. The van der Waals surface area contributed by atoms with Crippen LogP contribution in [0.3, 0.4) is 0 Å². The number of carboxylic acid groups (broad SMARTS) is 1. The van der Waals surface area contributed by atoms with E-state index < -0.39 is 23.7 Å². The standard InChI is InChI=1S/C18H20N2O6S/c1-25-13-9-12(19-5-3-4-6-19)14(26-2)7-11(13)8-15-17(23)20(10-16(21)22)18(24)27-15/h7-9H,3-6,10H2,1-2H3,(H,21,22)/b15-8+. The van der Waals surface area contributed by atoms with Crippen molar-refractivity contribution >= 4 is 40.6 Å². The van der Waals surface area contributed by atoms with Crippen molar-refractivity contribution in [3.63, 3.8) is 0 Å². The molecule has 2 fully saturated rings. The molecule has 9 heteroatoms. The summed E-state index contributed by atoms with van der Waals surface area (Å²) in [6, 6.07) is 3.62. The number of anilines is 1. The quantitative estimate of drug-likeness (QED) is 0.738. The number of rotatable bonds is 6. The van der Waals surface area contributed by atoms with Gasteiger partial charge in [0.15, 0.2) is 0 Å². The molecule has 0 aliphatic carbocycles. The van der Waals surface area contributed by atoms with E-state index >= 15 is 0 Å². The first-order chi connectivity index (χ1) is 12.9. The van der Waals surface area contributed by atoms with Crippen molar-refractivity contribution in [3.05, 3.63) is 22.6 Å². The summed E-state index contributed by atoms with van der Waals surface area (Å²) in [6.07, 6.45) is 3.76. The van der Waals surface area contributed by atoms with Crippen LogP contribution >= 0.6 is 11.8 Å². The Kier molecular flexibility index (Phi) is 5.59. The number of ether oxygens (including phenoxy) is 2. The first-order valence-electron chi connectivity index (χ1n) is 8.42. The van der Waals surface area contributed by atoms with Gasteiger partial charge in [-0.05, 0) is 36.7 Å². The van der Waals surface area contributed by atoms with E-state index in [-0.39, 0.29) is 4.91 Å². The smallest absolute Gasteiger partial charge is 0.323 e. The van der Waals surface area contributed by atoms with Crippen LogP contribution in [0.2, 0.25) is 0 Å². The minimum atomic E-state index is -1.24. The molecule has 2 amide bonds. The van der Waals surface area contributed by atoms with Gasteiger partial charge in [0.1, 0.15) is 18.0 Å². The Bertz CT molecular complexity index is 816. The number of thioether (sulfide) groups is 1. The van der Waals surface area contributed by atoms with E-state index in [4.69, 9.17) is 14.6 Å². The van der Waals surface area contributed by atoms with Crippen LogP contribution in [0, 0.1) is 0 Å². The zero-order chi connectivity index (χ0) is 19.6. The topological polar surface area (TPSA) is 96.4 Å². The Labute approximate surface area is 160 Å². The average Bonchev–Trinajstić information content (AvgIpc) is 3.26. The second kappa shape index (κ2) is 7.91. The van der Waals surface area contributed by atoms with Gasteiger partial charge in [0.2, 0.25) is 0 Å². The van der Waals surface area contributed by atoms with Gasteiger partial charge in [-0.1, -0.05) is 0 Å². The molecule has 0 aromatic heterocycles. The van der Waals surface area contributed by atoms with Gasteiger partial charge in [-0.25, -0.2) is 0 Å². The molecule has 0 bridgehead atoms. The molecule has 2 aliphatic rings. The van der Waals surface area contributed by atoms with Gasteiger partial charge in [-0.3, -0.25) is 19.3 Å². The number of benzene rings is 1. The molecule has 0 radical (unpaired) electrons. The Hall–Kier alpha value is -2.68. The molecule has 8 nitrogen and oxygen atoms in total. The van der Waals surface area contributed by atoms with Crippen molar-refractivity contribution in [2.24, 2.45) is 0 Å². The van der Waals surface area contributed by atoms with E-state index in [0.717, 1.165) is 31.6 Å². The second-order valence-electron chi connectivity index (χ2n) is 6.12. The van der Waals surface area contributed by atoms with Gasteiger partial charge >= 0.3 is 5.97 Å². The lowest BCUT2D eigenvalue weighted by Gasteiger charge is -2.22. The summed E-state index contributed by atoms with van der Waals surface area (Å²) in [5, 5.41) is 8.25. The van der Waals surface area contributed by atoms with Crippen molar-refractivity contribution in [1.29, 1.82) is 0 Å². The average molecular weight is 392 g/mol. The molecule has 0 saturated carbocycles. The molecular weight excluding hydrogens is 372 g/mol. The Morgan fingerprint density at radius 3 is 2.44 bits per heavy atom. The Morgan fingerprint density at radius 2 is 1.85 bits per heavy atom. The van der Waals surface area contributed by atoms with Crippen molar-refractivity contribution in [2.75, 3.05) is 38.8 Å². The van der Waals surface area contributed by atoms with E-state index in [1.54, 1.807) is 13.2 Å². The highest BCUT2D eigenvalue weighted by Gasteiger charge is 2.36. The highest BCUT2D eigenvalue weighted by Crippen LogP contribution is 2.40. The third kappa shape index (κ3) is 3.87. The van der Waals surface area contributed by atoms with Crippen LogP contribution in [-0.4, -0.2) is 61.0 Å². The zero-order valence-corrected chi connectivity index (χ0v) is 15.9. The van der Waals surface area contributed by atoms with Crippen molar-refractivity contribution in [2.45, 2.75) is 12.8 Å². The summed E-state index contributed by atoms with van der Waals surface area (Å²) in [4.78, 5) is 38.2. The molecule has 0 unspecified atom stereocenters. The highest BCUT2D eigenvalue weighted by atomic mass is 32.2. The van der Waals surface area contributed by atoms with Crippen LogP contribution < -0.4 is 14.4 Å². The molecule has 1 aromatic rings. The lowest BCUT2D eigenvalue weighted by molar-refractivity contribution is -0.140. The number of hydrogen-bond acceptors (Lipinski definition) is 7. The number of imide groups is 1. The molecule has 1 aromatic carbocycles. The fraction of sp³-hybridized carbons (Fsp3) is 0.389. The first kappa shape index (κ1) is 19.1. The molecule has 2 aliphatic heterocycles. The summed E-state index contributed by atoms with van der Waals surface area (Å²) >= 11 is 0.709. The lowest BCUT2D eigenvalue weighted by Crippen LogP contribution is -2.33. The van der Waals surface area contributed by atoms with E-state index in [1.807, 2.05) is 6.07 Å². The predicted molar refractivity (Wildman–Crippen MR) is 101 cm³/mol. The molecule has 144 valence electrons. The van der Waals surface area contributed by atoms with E-state index in [9.17, 15) is 14.4 Å². The molecule has 27 heavy (non-hydrogen) atoms. The SMILES string of the molecule is COc1cc(N2CCCC2)c(OC)cc1/C=C1/SC(=O)N(CC(=O)O)C1=O. The van der Waals surface area contributed by atoms with E-state index in [0.29, 0.717) is 33.7 Å². The van der Waals surface area contributed by atoms with Gasteiger partial charge in [0, 0.05) is 24.7 Å². The fourth-order valence-corrected chi connectivity index (χ4v) is 3.97. The summed E-state index contributed by atoms with van der Waals surface area (Å²) in [7, 11) is 3.11. The molecular formula is C18H20N2O6S. The first-order valence-corrected chi connectivity index (χ1v) is 9.24. The molecule has 3 rings (SSSR count). The Balaban J connectivity index is 1.96. The van der Waals surface area contributed by atoms with Crippen molar-refractivity contribution in [1.82, 2.24) is 4.90 Å². The fourth-order valence-electron chi connectivity index (χ4n) is 3.14. The van der Waals surface area contributed by atoms with E-state index in [1.165, 1.54) is 13.2 Å². The summed E-state index contributed by atoms with van der Waals surface area (Å²) < 4.78 is 11.0. The maximum atomic E-state index is 12.4. The molecule has 0 atom stereocenters. The number of nitrogens with zero attached hydrogens (tertiary/aromatic N) is 2. The van der Waals surface area contributed by atoms with E-state index in [2.05, 4.69) is 4.90 Å². The van der Waals surface area contributed by atoms with Crippen LogP contribution in [0.15, 0.2) is 17.0 Å². The number of amides is 2. The molecule has 2 saturated heterocycles. The van der Waals surface area contributed by atoms with Gasteiger partial charge in [0.25, 0.3) is 11.1 Å². The number of carbonyl (C=O) groups is 3. The maximum absolute atomic E-state index is 12.4. The van der Waals surface area contributed by atoms with Crippen LogP contribution in [-0.2, 0) is 9.59 Å². The van der Waals surface area contributed by atoms with Gasteiger partial charge in [-0.2, -0.15) is 0 Å². The van der Waals surface area contributed by atoms with Gasteiger partial charge < -0.3 is 19.5 Å². The van der Waals surface area contributed by atoms with Gasteiger partial charge in [-0.15, -0.1) is 0 Å². The third-order valence-corrected chi connectivity index (χ3v) is 5.34. The summed E-state index contributed by atoms with van der Waals surface area (Å²) in [6.45, 7) is 1.22. The zero-order valence-electron chi connectivity index (χ0n) is 15.1. The van der Waals surface area contributed by atoms with Gasteiger partial charge in [0.05, 0.1) is 24.8 Å². The number of carbonyl (C=O) groups excluding carboxylic acids is 2. The number of carboxylic acids is 1. The largest absolute Gasteiger partial charge is 0.496 e. The Morgan fingerprint density at radius 1 is 1.19 bits per heavy atom. The second-order valence-corrected chi connectivity index (χ2v) is 7.11. The minimum Gasteiger partial charge on any atom is -0.496 e. The highest BCUT2D eigenvalue weighted by molar-refractivity contribution is 8.18. The predicted octanol–water partition coefficient (Wildman–Crippen LogP) is 2.42. The van der Waals surface area contributed by atoms with Crippen molar-refractivity contribution < 1.29 is 29.0 Å². The molecule has 1 N–H and O–H groups in total. The number of hydrogen-bond donors (Lipinski definition) is 1. The lowest BCUT2D eigenvalue weighted by atomic mass is 10.1. The minimum absolute atomic E-state index is 0.149. The summed E-state index contributed by atoms with van der Waals surface area (Å²) in [5.41, 5.74) is 1.50. The summed E-state index contributed by atoms with van der Waals surface area (Å²) in [5.74, 6) is -0.679.